The van der Waals surface area contributed by atoms with Gasteiger partial charge in [-0.05, 0) is 81.7 Å². The first-order valence-electron chi connectivity index (χ1n) is 15.9. The first-order chi connectivity index (χ1) is 23.3. The Morgan fingerprint density at radius 2 is 1.02 bits per heavy atom. The Morgan fingerprint density at radius 1 is 0.383 bits per heavy atom. The molecule has 0 atom stereocenters. The fourth-order valence-electron chi connectivity index (χ4n) is 7.26. The Kier molecular flexibility index (Phi) is 5.57. The molecule has 2 aromatic heterocycles. The molecule has 0 aliphatic heterocycles. The number of hydrogen-bond acceptors (Lipinski definition) is 3. The van der Waals surface area contributed by atoms with E-state index in [9.17, 15) is 0 Å². The van der Waals surface area contributed by atoms with E-state index in [1.54, 1.807) is 0 Å². The van der Waals surface area contributed by atoms with Crippen molar-refractivity contribution in [3.05, 3.63) is 164 Å². The summed E-state index contributed by atoms with van der Waals surface area (Å²) in [4.78, 5) is 2.37. The molecule has 3 heteroatoms. The molecule has 8 aromatic carbocycles. The van der Waals surface area contributed by atoms with Gasteiger partial charge in [-0.1, -0.05) is 109 Å². The van der Waals surface area contributed by atoms with E-state index in [-0.39, 0.29) is 0 Å². The monoisotopic (exact) mass is 601 g/mol. The van der Waals surface area contributed by atoms with Gasteiger partial charge in [0.15, 0.2) is 0 Å². The molecule has 47 heavy (non-hydrogen) atoms. The van der Waals surface area contributed by atoms with E-state index in [4.69, 9.17) is 8.83 Å². The Labute approximate surface area is 270 Å². The van der Waals surface area contributed by atoms with Crippen LogP contribution in [0.2, 0.25) is 0 Å². The van der Waals surface area contributed by atoms with Crippen LogP contribution in [-0.2, 0) is 0 Å². The molecule has 3 nitrogen and oxygen atoms in total. The lowest BCUT2D eigenvalue weighted by molar-refractivity contribution is 0.669. The Hall–Kier alpha value is -6.32. The lowest BCUT2D eigenvalue weighted by atomic mass is 9.98. The van der Waals surface area contributed by atoms with E-state index in [0.29, 0.717) is 0 Å². The Bertz CT molecular complexity index is 2810. The highest BCUT2D eigenvalue weighted by atomic mass is 16.3. The molecule has 0 aliphatic carbocycles. The topological polar surface area (TPSA) is 29.5 Å². The smallest absolute Gasteiger partial charge is 0.145 e. The summed E-state index contributed by atoms with van der Waals surface area (Å²) in [6, 6.07) is 57.9. The van der Waals surface area contributed by atoms with Crippen molar-refractivity contribution in [3.8, 4) is 11.1 Å². The average Bonchev–Trinajstić information content (AvgIpc) is 3.71. The van der Waals surface area contributed by atoms with Crippen LogP contribution in [0.3, 0.4) is 0 Å². The SMILES string of the molecule is c1ccc(-c2ccc(N(c3ccc4c(ccc5ccccc54)c3)c3ccc4oc5ccccc5c4c3)c3c2oc2ccccc23)cc1. The van der Waals surface area contributed by atoms with Crippen molar-refractivity contribution in [2.45, 2.75) is 0 Å². The number of nitrogens with zero attached hydrogens (tertiary/aromatic N) is 1. The summed E-state index contributed by atoms with van der Waals surface area (Å²) in [7, 11) is 0. The van der Waals surface area contributed by atoms with Gasteiger partial charge in [-0.3, -0.25) is 0 Å². The molecule has 0 amide bonds. The number of benzene rings is 8. The molecule has 2 heterocycles. The summed E-state index contributed by atoms with van der Waals surface area (Å²) in [5.41, 5.74) is 8.87. The predicted octanol–water partition coefficient (Wildman–Crippen LogP) is 12.9. The van der Waals surface area contributed by atoms with E-state index in [0.717, 1.165) is 72.1 Å². The van der Waals surface area contributed by atoms with Crippen LogP contribution in [0.25, 0.3) is 76.5 Å². The van der Waals surface area contributed by atoms with Crippen molar-refractivity contribution in [2.24, 2.45) is 0 Å². The van der Waals surface area contributed by atoms with Gasteiger partial charge in [-0.15, -0.1) is 0 Å². The molecule has 0 spiro atoms. The van der Waals surface area contributed by atoms with Gasteiger partial charge in [-0.25, -0.2) is 0 Å². The standard InChI is InChI=1S/C44H27NO2/c1-2-10-28(11-3-1)35-23-24-39(43-37-15-7-9-17-41(37)47-44(35)43)45(32-21-25-42-38(27-32)36-14-6-8-16-40(36)46-42)31-20-22-34-30(26-31)19-18-29-12-4-5-13-33(29)34/h1-27H. The molecular formula is C44H27NO2. The van der Waals surface area contributed by atoms with Gasteiger partial charge in [0.1, 0.15) is 22.3 Å². The summed E-state index contributed by atoms with van der Waals surface area (Å²) in [5, 5.41) is 9.28. The maximum absolute atomic E-state index is 6.69. The molecule has 10 aromatic rings. The second-order valence-corrected chi connectivity index (χ2v) is 12.1. The van der Waals surface area contributed by atoms with Crippen LogP contribution in [0.15, 0.2) is 173 Å². The molecule has 0 N–H and O–H groups in total. The van der Waals surface area contributed by atoms with Crippen molar-refractivity contribution in [1.29, 1.82) is 0 Å². The number of anilines is 3. The fourth-order valence-corrected chi connectivity index (χ4v) is 7.26. The first kappa shape index (κ1) is 26.0. The van der Waals surface area contributed by atoms with Gasteiger partial charge in [0.05, 0.1) is 11.1 Å². The largest absolute Gasteiger partial charge is 0.456 e. The third kappa shape index (κ3) is 4.00. The number of hydrogen-bond donors (Lipinski definition) is 0. The Morgan fingerprint density at radius 3 is 1.89 bits per heavy atom. The number of rotatable bonds is 4. The van der Waals surface area contributed by atoms with E-state index in [1.807, 2.05) is 24.3 Å². The maximum Gasteiger partial charge on any atom is 0.145 e. The molecule has 0 bridgehead atoms. The van der Waals surface area contributed by atoms with Crippen molar-refractivity contribution < 1.29 is 8.83 Å². The number of furan rings is 2. The van der Waals surface area contributed by atoms with E-state index in [1.165, 1.54) is 21.5 Å². The third-order valence-electron chi connectivity index (χ3n) is 9.44. The van der Waals surface area contributed by atoms with Gasteiger partial charge >= 0.3 is 0 Å². The maximum atomic E-state index is 6.69. The first-order valence-corrected chi connectivity index (χ1v) is 15.9. The van der Waals surface area contributed by atoms with Gasteiger partial charge in [0, 0.05) is 33.1 Å². The second kappa shape index (κ2) is 10.1. The highest BCUT2D eigenvalue weighted by Crippen LogP contribution is 2.47. The molecule has 0 saturated carbocycles. The van der Waals surface area contributed by atoms with Crippen LogP contribution in [0.1, 0.15) is 0 Å². The minimum absolute atomic E-state index is 0.869. The van der Waals surface area contributed by atoms with Crippen LogP contribution in [0, 0.1) is 0 Å². The fraction of sp³-hybridized carbons (Fsp3) is 0. The van der Waals surface area contributed by atoms with Crippen LogP contribution >= 0.6 is 0 Å². The number of para-hydroxylation sites is 2. The van der Waals surface area contributed by atoms with E-state index < -0.39 is 0 Å². The van der Waals surface area contributed by atoms with Gasteiger partial charge < -0.3 is 13.7 Å². The summed E-state index contributed by atoms with van der Waals surface area (Å²) >= 11 is 0. The van der Waals surface area contributed by atoms with Gasteiger partial charge in [-0.2, -0.15) is 0 Å². The molecule has 0 radical (unpaired) electrons. The molecule has 0 fully saturated rings. The zero-order valence-electron chi connectivity index (χ0n) is 25.4. The van der Waals surface area contributed by atoms with Crippen LogP contribution in [-0.4, -0.2) is 0 Å². The third-order valence-corrected chi connectivity index (χ3v) is 9.44. The lowest BCUT2D eigenvalue weighted by Crippen LogP contribution is -2.10. The molecule has 0 unspecified atom stereocenters. The predicted molar refractivity (Wildman–Crippen MR) is 196 cm³/mol. The van der Waals surface area contributed by atoms with Crippen molar-refractivity contribution in [2.75, 3.05) is 4.90 Å². The summed E-state index contributed by atoms with van der Waals surface area (Å²) in [5.74, 6) is 0. The molecule has 220 valence electrons. The van der Waals surface area contributed by atoms with E-state index >= 15 is 0 Å². The molecule has 0 saturated heterocycles. The summed E-state index contributed by atoms with van der Waals surface area (Å²) < 4.78 is 12.9. The van der Waals surface area contributed by atoms with Crippen molar-refractivity contribution in [1.82, 2.24) is 0 Å². The van der Waals surface area contributed by atoms with Gasteiger partial charge in [0.25, 0.3) is 0 Å². The lowest BCUT2D eigenvalue weighted by Gasteiger charge is -2.27. The molecular weight excluding hydrogens is 574 g/mol. The van der Waals surface area contributed by atoms with Crippen LogP contribution in [0.5, 0.6) is 0 Å². The summed E-state index contributed by atoms with van der Waals surface area (Å²) in [6.45, 7) is 0. The normalized spacial score (nSPS) is 11.8. The minimum atomic E-state index is 0.869. The van der Waals surface area contributed by atoms with Crippen LogP contribution in [0.4, 0.5) is 17.1 Å². The zero-order chi connectivity index (χ0) is 30.9. The average molecular weight is 602 g/mol. The van der Waals surface area contributed by atoms with Crippen LogP contribution < -0.4 is 4.90 Å². The number of fused-ring (bicyclic) bond motifs is 9. The molecule has 0 aliphatic rings. The zero-order valence-corrected chi connectivity index (χ0v) is 25.4. The Balaban J connectivity index is 1.29. The highest BCUT2D eigenvalue weighted by molar-refractivity contribution is 6.18. The quantitative estimate of drug-likeness (QED) is 0.188. The summed E-state index contributed by atoms with van der Waals surface area (Å²) in [6.07, 6.45) is 0. The van der Waals surface area contributed by atoms with Crippen molar-refractivity contribution >= 4 is 82.5 Å². The van der Waals surface area contributed by atoms with Crippen molar-refractivity contribution in [3.63, 3.8) is 0 Å². The minimum Gasteiger partial charge on any atom is -0.456 e. The second-order valence-electron chi connectivity index (χ2n) is 12.1. The van der Waals surface area contributed by atoms with Gasteiger partial charge in [0.2, 0.25) is 0 Å². The van der Waals surface area contributed by atoms with E-state index in [2.05, 4.69) is 144 Å². The molecule has 10 rings (SSSR count). The highest BCUT2D eigenvalue weighted by Gasteiger charge is 2.23.